The second-order valence-corrected chi connectivity index (χ2v) is 12.7. The average molecular weight is 665 g/mol. The number of nitrogens with zero attached hydrogens (tertiary/aromatic N) is 4. The number of hydrogen-bond acceptors (Lipinski definition) is 4. The van der Waals surface area contributed by atoms with E-state index in [4.69, 9.17) is 19.9 Å². The highest BCUT2D eigenvalue weighted by Crippen LogP contribution is 2.33. The highest BCUT2D eigenvalue weighted by molar-refractivity contribution is 5.93. The number of benzene rings is 7. The molecule has 0 amide bonds. The fraction of sp³-hybridized carbons (Fsp3) is 0. The zero-order valence-corrected chi connectivity index (χ0v) is 28.3. The summed E-state index contributed by atoms with van der Waals surface area (Å²) in [5, 5.41) is 1.02. The Bertz CT molecular complexity index is 2540. The van der Waals surface area contributed by atoms with Gasteiger partial charge in [0.2, 0.25) is 0 Å². The number of para-hydroxylation sites is 1. The van der Waals surface area contributed by atoms with E-state index in [1.807, 2.05) is 48.5 Å². The van der Waals surface area contributed by atoms with E-state index in [1.54, 1.807) is 0 Å². The van der Waals surface area contributed by atoms with Gasteiger partial charge in [-0.2, -0.15) is 0 Å². The van der Waals surface area contributed by atoms with E-state index in [0.29, 0.717) is 11.6 Å². The van der Waals surface area contributed by atoms with Crippen molar-refractivity contribution in [2.75, 3.05) is 0 Å². The Morgan fingerprint density at radius 3 is 1.33 bits per heavy atom. The monoisotopic (exact) mass is 664 g/mol. The first kappa shape index (κ1) is 31.0. The van der Waals surface area contributed by atoms with Crippen LogP contribution < -0.4 is 0 Å². The van der Waals surface area contributed by atoms with E-state index in [9.17, 15) is 0 Å². The molecule has 7 aromatic carbocycles. The van der Waals surface area contributed by atoms with Crippen LogP contribution in [0.25, 0.3) is 89.7 Å². The van der Waals surface area contributed by atoms with Crippen molar-refractivity contribution in [3.8, 4) is 78.8 Å². The zero-order valence-electron chi connectivity index (χ0n) is 28.3. The van der Waals surface area contributed by atoms with Gasteiger partial charge >= 0.3 is 0 Å². The summed E-state index contributed by atoms with van der Waals surface area (Å²) in [4.78, 5) is 20.4. The van der Waals surface area contributed by atoms with Crippen molar-refractivity contribution in [2.45, 2.75) is 0 Å². The third-order valence-corrected chi connectivity index (χ3v) is 9.33. The van der Waals surface area contributed by atoms with Gasteiger partial charge in [-0.25, -0.2) is 19.9 Å². The predicted molar refractivity (Wildman–Crippen MR) is 213 cm³/mol. The lowest BCUT2D eigenvalue weighted by Crippen LogP contribution is -1.97. The predicted octanol–water partition coefficient (Wildman–Crippen LogP) is 12.1. The Hall–Kier alpha value is -7.04. The second kappa shape index (κ2) is 13.7. The van der Waals surface area contributed by atoms with Crippen LogP contribution in [-0.4, -0.2) is 19.9 Å². The third kappa shape index (κ3) is 6.26. The lowest BCUT2D eigenvalue weighted by molar-refractivity contribution is 1.18. The maximum Gasteiger partial charge on any atom is 0.160 e. The van der Waals surface area contributed by atoms with Gasteiger partial charge in [0, 0.05) is 33.2 Å². The molecule has 4 heteroatoms. The van der Waals surface area contributed by atoms with E-state index in [2.05, 4.69) is 146 Å². The van der Waals surface area contributed by atoms with Gasteiger partial charge in [-0.3, -0.25) is 0 Å². The van der Waals surface area contributed by atoms with Crippen LogP contribution in [0.2, 0.25) is 0 Å². The highest BCUT2D eigenvalue weighted by Gasteiger charge is 2.15. The smallest absolute Gasteiger partial charge is 0.160 e. The molecule has 0 aliphatic heterocycles. The Morgan fingerprint density at radius 2 is 0.692 bits per heavy atom. The van der Waals surface area contributed by atoms with Gasteiger partial charge in [-0.15, -0.1) is 0 Å². The van der Waals surface area contributed by atoms with E-state index >= 15 is 0 Å². The molecule has 9 aromatic rings. The summed E-state index contributed by atoms with van der Waals surface area (Å²) in [7, 11) is 0. The van der Waals surface area contributed by atoms with Crippen LogP contribution in [0.1, 0.15) is 0 Å². The first-order chi connectivity index (χ1) is 25.7. The number of rotatable bonds is 7. The second-order valence-electron chi connectivity index (χ2n) is 12.7. The minimum absolute atomic E-state index is 0.665. The van der Waals surface area contributed by atoms with Gasteiger partial charge in [0.05, 0.1) is 22.6 Å². The van der Waals surface area contributed by atoms with E-state index < -0.39 is 0 Å². The summed E-state index contributed by atoms with van der Waals surface area (Å²) in [6.07, 6.45) is 0. The Labute approximate surface area is 302 Å². The molecular formula is C48H32N4. The molecule has 0 unspecified atom stereocenters. The molecule has 0 atom stereocenters. The van der Waals surface area contributed by atoms with E-state index in [-0.39, 0.29) is 0 Å². The van der Waals surface area contributed by atoms with Crippen molar-refractivity contribution in [1.29, 1.82) is 0 Å². The van der Waals surface area contributed by atoms with Crippen LogP contribution in [-0.2, 0) is 0 Å². The molecule has 0 saturated carbocycles. The number of aromatic nitrogens is 4. The fourth-order valence-corrected chi connectivity index (χ4v) is 6.62. The van der Waals surface area contributed by atoms with E-state index in [1.165, 1.54) is 11.1 Å². The van der Waals surface area contributed by atoms with E-state index in [0.717, 1.165) is 66.9 Å². The van der Waals surface area contributed by atoms with Gasteiger partial charge in [0.25, 0.3) is 0 Å². The van der Waals surface area contributed by atoms with Gasteiger partial charge < -0.3 is 0 Å². The maximum absolute atomic E-state index is 5.16. The Balaban J connectivity index is 1.15. The molecular weight excluding hydrogens is 633 g/mol. The van der Waals surface area contributed by atoms with Crippen molar-refractivity contribution >= 4 is 10.9 Å². The molecule has 9 rings (SSSR count). The summed E-state index contributed by atoms with van der Waals surface area (Å²) < 4.78 is 0. The topological polar surface area (TPSA) is 51.6 Å². The summed E-state index contributed by atoms with van der Waals surface area (Å²) >= 11 is 0. The van der Waals surface area contributed by atoms with Crippen molar-refractivity contribution in [1.82, 2.24) is 19.9 Å². The molecule has 0 fully saturated rings. The van der Waals surface area contributed by atoms with Gasteiger partial charge in [0.15, 0.2) is 11.6 Å². The molecule has 0 bridgehead atoms. The fourth-order valence-electron chi connectivity index (χ4n) is 6.62. The van der Waals surface area contributed by atoms with Crippen molar-refractivity contribution < 1.29 is 0 Å². The molecule has 0 aliphatic carbocycles. The summed E-state index contributed by atoms with van der Waals surface area (Å²) in [5.74, 6) is 1.33. The quantitative estimate of drug-likeness (QED) is 0.170. The SMILES string of the molecule is c1ccc(-c2ccc(-c3cc(-c4cccc(-c5nc(-c6ccccc6)c6ccccc6n5)c4)nc(-c4ccc(-c5ccccc5)cc4)n3)cc2)cc1. The first-order valence-electron chi connectivity index (χ1n) is 17.4. The normalized spacial score (nSPS) is 11.1. The van der Waals surface area contributed by atoms with Gasteiger partial charge in [-0.05, 0) is 40.5 Å². The molecule has 4 nitrogen and oxygen atoms in total. The molecule has 0 radical (unpaired) electrons. The van der Waals surface area contributed by atoms with Crippen LogP contribution in [0.15, 0.2) is 194 Å². The average Bonchev–Trinajstić information content (AvgIpc) is 3.24. The number of hydrogen-bond donors (Lipinski definition) is 0. The van der Waals surface area contributed by atoms with Crippen LogP contribution >= 0.6 is 0 Å². The minimum Gasteiger partial charge on any atom is -0.228 e. The van der Waals surface area contributed by atoms with Crippen LogP contribution in [0, 0.1) is 0 Å². The number of fused-ring (bicyclic) bond motifs is 1. The minimum atomic E-state index is 0.665. The standard InChI is InChI=1S/C48H32N4/c1-4-13-33(14-5-1)35-23-27-37(28-24-35)44-32-45(51-47(50-44)39-29-25-36(26-30-39)34-15-6-2-7-16-34)40-19-12-20-41(31-40)48-49-43-22-11-10-21-42(43)46(52-48)38-17-8-3-9-18-38/h1-32H. The molecule has 0 N–H and O–H groups in total. The lowest BCUT2D eigenvalue weighted by Gasteiger charge is -2.12. The molecule has 0 spiro atoms. The highest BCUT2D eigenvalue weighted by atomic mass is 14.9. The van der Waals surface area contributed by atoms with Crippen molar-refractivity contribution in [3.05, 3.63) is 194 Å². The summed E-state index contributed by atoms with van der Waals surface area (Å²) in [6, 6.07) is 66.8. The van der Waals surface area contributed by atoms with Crippen LogP contribution in [0.4, 0.5) is 0 Å². The Morgan fingerprint density at radius 1 is 0.250 bits per heavy atom. The largest absolute Gasteiger partial charge is 0.228 e. The maximum atomic E-state index is 5.16. The van der Waals surface area contributed by atoms with Gasteiger partial charge in [-0.1, -0.05) is 176 Å². The third-order valence-electron chi connectivity index (χ3n) is 9.33. The van der Waals surface area contributed by atoms with Crippen LogP contribution in [0.5, 0.6) is 0 Å². The first-order valence-corrected chi connectivity index (χ1v) is 17.4. The van der Waals surface area contributed by atoms with Gasteiger partial charge in [0.1, 0.15) is 0 Å². The molecule has 0 aliphatic rings. The van der Waals surface area contributed by atoms with Crippen molar-refractivity contribution in [3.63, 3.8) is 0 Å². The molecule has 52 heavy (non-hydrogen) atoms. The zero-order chi connectivity index (χ0) is 34.7. The summed E-state index contributed by atoms with van der Waals surface area (Å²) in [5.41, 5.74) is 13.1. The molecule has 2 heterocycles. The molecule has 244 valence electrons. The Kier molecular flexibility index (Phi) is 8.16. The molecule has 0 saturated heterocycles. The lowest BCUT2D eigenvalue weighted by atomic mass is 10.0. The summed E-state index contributed by atoms with van der Waals surface area (Å²) in [6.45, 7) is 0. The molecule has 2 aromatic heterocycles. The van der Waals surface area contributed by atoms with Crippen LogP contribution in [0.3, 0.4) is 0 Å². The van der Waals surface area contributed by atoms with Crippen molar-refractivity contribution in [2.24, 2.45) is 0 Å².